The van der Waals surface area contributed by atoms with Gasteiger partial charge in [0.2, 0.25) is 5.88 Å². The Hall–Kier alpha value is -4.06. The summed E-state index contributed by atoms with van der Waals surface area (Å²) in [6, 6.07) is 7.14. The first kappa shape index (κ1) is 17.8. The molecule has 1 amide bonds. The van der Waals surface area contributed by atoms with Gasteiger partial charge in [0.05, 0.1) is 42.2 Å². The van der Waals surface area contributed by atoms with Crippen LogP contribution in [0.4, 0.5) is 0 Å². The van der Waals surface area contributed by atoms with Crippen LogP contribution in [0, 0.1) is 11.3 Å². The number of ether oxygens (including phenoxy) is 1. The summed E-state index contributed by atoms with van der Waals surface area (Å²) in [6.45, 7) is 2.41. The number of H-pyrrole nitrogens is 1. The summed E-state index contributed by atoms with van der Waals surface area (Å²) in [5.74, 6) is -0.0111. The lowest BCUT2D eigenvalue weighted by atomic mass is 10.2. The van der Waals surface area contributed by atoms with Crippen molar-refractivity contribution in [3.05, 3.63) is 59.9 Å². The molecule has 3 heterocycles. The van der Waals surface area contributed by atoms with E-state index in [0.29, 0.717) is 35.0 Å². The zero-order valence-electron chi connectivity index (χ0n) is 14.4. The van der Waals surface area contributed by atoms with Crippen LogP contribution in [0.2, 0.25) is 0 Å². The number of hydrazone groups is 1. The van der Waals surface area contributed by atoms with E-state index in [2.05, 4.69) is 30.5 Å². The van der Waals surface area contributed by atoms with Crippen molar-refractivity contribution in [2.45, 2.75) is 6.92 Å². The Morgan fingerprint density at radius 1 is 1.37 bits per heavy atom. The third-order valence-corrected chi connectivity index (χ3v) is 3.45. The van der Waals surface area contributed by atoms with Gasteiger partial charge in [-0.15, -0.1) is 0 Å². The van der Waals surface area contributed by atoms with Crippen LogP contribution in [0.5, 0.6) is 5.88 Å². The number of carbonyl (C=O) groups excluding carboxylic acids is 1. The Labute approximate surface area is 154 Å². The van der Waals surface area contributed by atoms with Gasteiger partial charge in [0, 0.05) is 24.0 Å². The molecule has 9 heteroatoms. The monoisotopic (exact) mass is 361 g/mol. The number of carbonyl (C=O) groups is 1. The Kier molecular flexibility index (Phi) is 5.49. The van der Waals surface area contributed by atoms with Crippen molar-refractivity contribution in [3.63, 3.8) is 0 Å². The second-order valence-electron chi connectivity index (χ2n) is 5.22. The first-order valence-electron chi connectivity index (χ1n) is 8.03. The largest absolute Gasteiger partial charge is 0.478 e. The van der Waals surface area contributed by atoms with Gasteiger partial charge in [-0.3, -0.25) is 9.78 Å². The highest BCUT2D eigenvalue weighted by molar-refractivity contribution is 5.93. The molecule has 3 rings (SSSR count). The third-order valence-electron chi connectivity index (χ3n) is 3.45. The van der Waals surface area contributed by atoms with Gasteiger partial charge in [0.25, 0.3) is 5.91 Å². The summed E-state index contributed by atoms with van der Waals surface area (Å²) in [5.41, 5.74) is 4.59. The minimum absolute atomic E-state index is 0.102. The first-order chi connectivity index (χ1) is 13.2. The highest BCUT2D eigenvalue weighted by Gasteiger charge is 2.10. The van der Waals surface area contributed by atoms with Crippen molar-refractivity contribution in [2.24, 2.45) is 5.10 Å². The fourth-order valence-electron chi connectivity index (χ4n) is 2.18. The van der Waals surface area contributed by atoms with E-state index in [1.807, 2.05) is 13.0 Å². The Morgan fingerprint density at radius 2 is 2.26 bits per heavy atom. The lowest BCUT2D eigenvalue weighted by Crippen LogP contribution is -2.19. The minimum atomic E-state index is -0.524. The quantitative estimate of drug-likeness (QED) is 0.509. The van der Waals surface area contributed by atoms with E-state index in [9.17, 15) is 4.79 Å². The number of amides is 1. The average Bonchev–Trinajstić information content (AvgIpc) is 3.16. The number of hydrogen-bond donors (Lipinski definition) is 2. The van der Waals surface area contributed by atoms with Crippen LogP contribution in [0.1, 0.15) is 28.7 Å². The van der Waals surface area contributed by atoms with Gasteiger partial charge in [0.15, 0.2) is 0 Å². The van der Waals surface area contributed by atoms with Crippen LogP contribution in [-0.2, 0) is 0 Å². The molecule has 134 valence electrons. The molecule has 0 bridgehead atoms. The zero-order valence-corrected chi connectivity index (χ0v) is 14.4. The van der Waals surface area contributed by atoms with Crippen LogP contribution >= 0.6 is 0 Å². The fraction of sp³-hybridized carbons (Fsp3) is 0.111. The van der Waals surface area contributed by atoms with Gasteiger partial charge in [-0.25, -0.2) is 15.4 Å². The molecule has 0 spiro atoms. The lowest BCUT2D eigenvalue weighted by molar-refractivity contribution is 0.0950. The van der Waals surface area contributed by atoms with Gasteiger partial charge in [-0.2, -0.15) is 10.4 Å². The molecule has 0 aliphatic heterocycles. The van der Waals surface area contributed by atoms with Crippen molar-refractivity contribution >= 4 is 12.1 Å². The van der Waals surface area contributed by atoms with Crippen LogP contribution in [0.3, 0.4) is 0 Å². The highest BCUT2D eigenvalue weighted by atomic mass is 16.5. The molecule has 0 aliphatic rings. The average molecular weight is 361 g/mol. The molecule has 0 saturated carbocycles. The van der Waals surface area contributed by atoms with Gasteiger partial charge in [-0.05, 0) is 19.1 Å². The summed E-state index contributed by atoms with van der Waals surface area (Å²) in [5, 5.41) is 12.8. The summed E-state index contributed by atoms with van der Waals surface area (Å²) < 4.78 is 5.30. The van der Waals surface area contributed by atoms with Crippen LogP contribution in [0.15, 0.2) is 48.1 Å². The summed E-state index contributed by atoms with van der Waals surface area (Å²) in [4.78, 5) is 27.5. The van der Waals surface area contributed by atoms with E-state index in [-0.39, 0.29) is 5.69 Å². The molecule has 0 saturated heterocycles. The van der Waals surface area contributed by atoms with Crippen molar-refractivity contribution in [2.75, 3.05) is 6.61 Å². The van der Waals surface area contributed by atoms with E-state index >= 15 is 0 Å². The zero-order chi connectivity index (χ0) is 19.1. The molecule has 2 N–H and O–H groups in total. The van der Waals surface area contributed by atoms with Gasteiger partial charge >= 0.3 is 0 Å². The fourth-order valence-corrected chi connectivity index (χ4v) is 2.18. The molecule has 0 aliphatic carbocycles. The molecule has 0 unspecified atom stereocenters. The SMILES string of the molecule is CCOc1ccc(-c2cncc(C(=O)N/N=C/c3[nH]ccc3C#N)n2)cn1. The standard InChI is InChI=1S/C18H15N7O2/c1-2-27-17-4-3-13(8-22-17)15-9-20-10-16(24-15)18(26)25-23-11-14-12(7-19)5-6-21-14/h3-6,8-11,21H,2H2,1H3,(H,25,26)/b23-11+. The van der Waals surface area contributed by atoms with Crippen molar-refractivity contribution in [1.29, 1.82) is 5.26 Å². The second kappa shape index (κ2) is 8.35. The van der Waals surface area contributed by atoms with Crippen molar-refractivity contribution < 1.29 is 9.53 Å². The molecule has 0 fully saturated rings. The summed E-state index contributed by atoms with van der Waals surface area (Å²) >= 11 is 0. The van der Waals surface area contributed by atoms with E-state index in [1.54, 1.807) is 30.6 Å². The summed E-state index contributed by atoms with van der Waals surface area (Å²) in [6.07, 6.45) is 7.44. The predicted molar refractivity (Wildman–Crippen MR) is 97.0 cm³/mol. The maximum atomic E-state index is 12.2. The number of pyridine rings is 1. The number of nitrogens with one attached hydrogen (secondary N) is 2. The third kappa shape index (κ3) is 4.32. The van der Waals surface area contributed by atoms with Crippen molar-refractivity contribution in [1.82, 2.24) is 25.4 Å². The van der Waals surface area contributed by atoms with Crippen molar-refractivity contribution in [3.8, 4) is 23.2 Å². The molecular weight excluding hydrogens is 346 g/mol. The van der Waals surface area contributed by atoms with Gasteiger partial charge in [-0.1, -0.05) is 0 Å². The van der Waals surface area contributed by atoms with Crippen LogP contribution in [-0.4, -0.2) is 38.7 Å². The van der Waals surface area contributed by atoms with E-state index in [1.165, 1.54) is 18.6 Å². The highest BCUT2D eigenvalue weighted by Crippen LogP contribution is 2.17. The normalized spacial score (nSPS) is 10.5. The topological polar surface area (TPSA) is 129 Å². The summed E-state index contributed by atoms with van der Waals surface area (Å²) in [7, 11) is 0. The maximum Gasteiger partial charge on any atom is 0.291 e. The molecule has 0 radical (unpaired) electrons. The lowest BCUT2D eigenvalue weighted by Gasteiger charge is -2.05. The number of nitriles is 1. The molecule has 0 aromatic carbocycles. The molecule has 27 heavy (non-hydrogen) atoms. The molecule has 0 atom stereocenters. The van der Waals surface area contributed by atoms with Gasteiger partial charge < -0.3 is 9.72 Å². The smallest absolute Gasteiger partial charge is 0.291 e. The predicted octanol–water partition coefficient (Wildman–Crippen LogP) is 1.90. The number of aromatic nitrogens is 4. The minimum Gasteiger partial charge on any atom is -0.478 e. The van der Waals surface area contributed by atoms with Gasteiger partial charge in [0.1, 0.15) is 11.8 Å². The maximum absolute atomic E-state index is 12.2. The number of rotatable bonds is 6. The Balaban J connectivity index is 1.71. The first-order valence-corrected chi connectivity index (χ1v) is 8.03. The van der Waals surface area contributed by atoms with Crippen LogP contribution in [0.25, 0.3) is 11.3 Å². The molecule has 3 aromatic heterocycles. The van der Waals surface area contributed by atoms with E-state index in [0.717, 1.165) is 0 Å². The molecular formula is C18H15N7O2. The van der Waals surface area contributed by atoms with E-state index in [4.69, 9.17) is 10.00 Å². The second-order valence-corrected chi connectivity index (χ2v) is 5.22. The van der Waals surface area contributed by atoms with Crippen LogP contribution < -0.4 is 10.2 Å². The number of hydrogen-bond acceptors (Lipinski definition) is 7. The number of aromatic amines is 1. The Bertz CT molecular complexity index is 1000. The molecule has 9 nitrogen and oxygen atoms in total. The number of nitrogens with zero attached hydrogens (tertiary/aromatic N) is 5. The molecule has 3 aromatic rings. The Morgan fingerprint density at radius 3 is 3.00 bits per heavy atom. The van der Waals surface area contributed by atoms with E-state index < -0.39 is 5.91 Å².